The molecule has 0 saturated heterocycles. The van der Waals surface area contributed by atoms with Gasteiger partial charge in [-0.3, -0.25) is 4.79 Å². The molecule has 0 amide bonds. The van der Waals surface area contributed by atoms with Crippen LogP contribution in [0.1, 0.15) is 24.0 Å². The molecule has 1 N–H and O–H groups in total. The zero-order valence-corrected chi connectivity index (χ0v) is 15.2. The summed E-state index contributed by atoms with van der Waals surface area (Å²) in [5.74, 6) is -1.77. The minimum Gasteiger partial charge on any atom is -0.365 e. The number of Topliss-reactive ketones (excluding diaryl/α,β-unsaturated/α-hetero) is 1. The third-order valence-corrected chi connectivity index (χ3v) is 4.58. The second-order valence-electron chi connectivity index (χ2n) is 6.79. The molecule has 1 unspecified atom stereocenters. The van der Waals surface area contributed by atoms with Crippen LogP contribution in [0.15, 0.2) is 60.3 Å². The van der Waals surface area contributed by atoms with Crippen molar-refractivity contribution < 1.29 is 18.0 Å². The Balaban J connectivity index is 1.93. The van der Waals surface area contributed by atoms with Gasteiger partial charge in [0.25, 0.3) is 5.78 Å². The molecule has 3 nitrogen and oxygen atoms in total. The number of nitrogens with one attached hydrogen (secondary N) is 1. The van der Waals surface area contributed by atoms with Gasteiger partial charge in [0, 0.05) is 23.1 Å². The van der Waals surface area contributed by atoms with E-state index in [1.54, 1.807) is 4.90 Å². The molecule has 0 aliphatic carbocycles. The molecule has 27 heavy (non-hydrogen) atoms. The highest BCUT2D eigenvalue weighted by atomic mass is 19.4. The first-order valence-electron chi connectivity index (χ1n) is 8.74. The Hall–Kier alpha value is -2.76. The van der Waals surface area contributed by atoms with Gasteiger partial charge in [-0.15, -0.1) is 0 Å². The number of aryl methyl sites for hydroxylation is 2. The average Bonchev–Trinajstić information content (AvgIpc) is 2.63. The summed E-state index contributed by atoms with van der Waals surface area (Å²) < 4.78 is 38.6. The van der Waals surface area contributed by atoms with Crippen LogP contribution in [-0.4, -0.2) is 18.1 Å². The van der Waals surface area contributed by atoms with E-state index in [2.05, 4.69) is 5.32 Å². The van der Waals surface area contributed by atoms with E-state index in [1.165, 1.54) is 6.20 Å². The quantitative estimate of drug-likeness (QED) is 0.782. The molecule has 0 saturated carbocycles. The molecule has 1 heterocycles. The molecule has 1 aliphatic rings. The van der Waals surface area contributed by atoms with Crippen LogP contribution in [0, 0.1) is 13.8 Å². The lowest BCUT2D eigenvalue weighted by molar-refractivity contribution is -0.166. The topological polar surface area (TPSA) is 32.3 Å². The fourth-order valence-electron chi connectivity index (χ4n) is 3.06. The predicted molar refractivity (Wildman–Crippen MR) is 101 cm³/mol. The van der Waals surface area contributed by atoms with Gasteiger partial charge in [0.2, 0.25) is 0 Å². The summed E-state index contributed by atoms with van der Waals surface area (Å²) in [7, 11) is 0. The van der Waals surface area contributed by atoms with Crippen molar-refractivity contribution in [1.29, 1.82) is 0 Å². The maximum atomic E-state index is 12.9. The molecular weight excluding hydrogens is 353 g/mol. The molecule has 1 aliphatic heterocycles. The van der Waals surface area contributed by atoms with Gasteiger partial charge in [0.15, 0.2) is 0 Å². The van der Waals surface area contributed by atoms with Gasteiger partial charge in [-0.05, 0) is 51.0 Å². The van der Waals surface area contributed by atoms with Gasteiger partial charge in [-0.1, -0.05) is 35.4 Å². The van der Waals surface area contributed by atoms with E-state index in [0.29, 0.717) is 6.42 Å². The largest absolute Gasteiger partial charge is 0.454 e. The highest BCUT2D eigenvalue weighted by Crippen LogP contribution is 2.32. The number of hydrogen-bond donors (Lipinski definition) is 1. The van der Waals surface area contributed by atoms with E-state index < -0.39 is 12.0 Å². The van der Waals surface area contributed by atoms with E-state index in [4.69, 9.17) is 0 Å². The van der Waals surface area contributed by atoms with Gasteiger partial charge in [-0.2, -0.15) is 13.2 Å². The molecular formula is C21H21F3N2O. The van der Waals surface area contributed by atoms with Crippen molar-refractivity contribution in [2.75, 3.05) is 10.2 Å². The fourth-order valence-corrected chi connectivity index (χ4v) is 3.06. The maximum absolute atomic E-state index is 12.9. The van der Waals surface area contributed by atoms with Crippen molar-refractivity contribution in [3.8, 4) is 0 Å². The summed E-state index contributed by atoms with van der Waals surface area (Å²) in [5.41, 5.74) is 3.57. The van der Waals surface area contributed by atoms with E-state index in [1.807, 2.05) is 62.4 Å². The van der Waals surface area contributed by atoms with Crippen molar-refractivity contribution >= 4 is 17.2 Å². The number of nitrogens with zero attached hydrogens (tertiary/aromatic N) is 1. The molecule has 0 fully saturated rings. The number of halogens is 3. The van der Waals surface area contributed by atoms with E-state index >= 15 is 0 Å². The lowest BCUT2D eigenvalue weighted by Gasteiger charge is -2.36. The second-order valence-corrected chi connectivity index (χ2v) is 6.79. The predicted octanol–water partition coefficient (Wildman–Crippen LogP) is 5.36. The number of hydrogen-bond acceptors (Lipinski definition) is 3. The minimum atomic E-state index is -4.86. The second kappa shape index (κ2) is 7.47. The normalized spacial score (nSPS) is 17.4. The monoisotopic (exact) mass is 374 g/mol. The summed E-state index contributed by atoms with van der Waals surface area (Å²) in [6, 6.07) is 15.3. The van der Waals surface area contributed by atoms with Crippen LogP contribution >= 0.6 is 0 Å². The number of benzene rings is 2. The number of ketones is 1. The van der Waals surface area contributed by atoms with Crippen LogP contribution in [0.4, 0.5) is 24.5 Å². The van der Waals surface area contributed by atoms with Gasteiger partial charge < -0.3 is 10.2 Å². The van der Waals surface area contributed by atoms with Crippen molar-refractivity contribution in [3.63, 3.8) is 0 Å². The Labute approximate surface area is 156 Å². The number of rotatable bonds is 4. The molecule has 0 bridgehead atoms. The fraction of sp³-hybridized carbons (Fsp3) is 0.286. The minimum absolute atomic E-state index is 0.0736. The summed E-state index contributed by atoms with van der Waals surface area (Å²) in [5, 5.41) is 3.36. The Bertz CT molecular complexity index is 839. The van der Waals surface area contributed by atoms with E-state index in [-0.39, 0.29) is 18.2 Å². The van der Waals surface area contributed by atoms with Gasteiger partial charge in [-0.25, -0.2) is 0 Å². The van der Waals surface area contributed by atoms with Crippen LogP contribution < -0.4 is 10.2 Å². The van der Waals surface area contributed by atoms with Crippen molar-refractivity contribution in [3.05, 3.63) is 71.4 Å². The van der Waals surface area contributed by atoms with Crippen molar-refractivity contribution in [2.45, 2.75) is 39.0 Å². The van der Waals surface area contributed by atoms with Gasteiger partial charge >= 0.3 is 6.18 Å². The molecule has 3 rings (SSSR count). The summed E-state index contributed by atoms with van der Waals surface area (Å²) >= 11 is 0. The van der Waals surface area contributed by atoms with Crippen LogP contribution in [0.5, 0.6) is 0 Å². The summed E-state index contributed by atoms with van der Waals surface area (Å²) in [4.78, 5) is 13.4. The number of alkyl halides is 3. The Morgan fingerprint density at radius 1 is 1.00 bits per heavy atom. The molecule has 0 spiro atoms. The zero-order chi connectivity index (χ0) is 19.6. The molecule has 6 heteroatoms. The first-order valence-corrected chi connectivity index (χ1v) is 8.74. The third kappa shape index (κ3) is 4.51. The molecule has 2 aromatic carbocycles. The number of carbonyl (C=O) groups excluding carboxylic acids is 1. The Morgan fingerprint density at radius 3 is 2.11 bits per heavy atom. The van der Waals surface area contributed by atoms with Crippen LogP contribution in [-0.2, 0) is 4.79 Å². The molecule has 1 atom stereocenters. The van der Waals surface area contributed by atoms with Crippen LogP contribution in [0.25, 0.3) is 0 Å². The lowest BCUT2D eigenvalue weighted by Crippen LogP contribution is -2.42. The average molecular weight is 374 g/mol. The Kier molecular flexibility index (Phi) is 5.26. The number of carbonyl (C=O) groups is 1. The maximum Gasteiger partial charge on any atom is 0.454 e. The lowest BCUT2D eigenvalue weighted by atomic mass is 9.99. The van der Waals surface area contributed by atoms with Crippen molar-refractivity contribution in [1.82, 2.24) is 0 Å². The summed E-state index contributed by atoms with van der Waals surface area (Å²) in [6.45, 7) is 3.93. The molecule has 0 radical (unpaired) electrons. The van der Waals surface area contributed by atoms with E-state index in [0.717, 1.165) is 22.5 Å². The third-order valence-electron chi connectivity index (χ3n) is 4.58. The molecule has 2 aromatic rings. The zero-order valence-electron chi connectivity index (χ0n) is 15.2. The standard InChI is InChI=1S/C21H21F3N2O/c1-14-3-8-17(9-4-14)25-19-12-7-16(20(27)21(22,23)24)13-26(19)18-10-5-15(2)6-11-18/h3-6,8-11,13,19,25H,7,12H2,1-2H3. The molecule has 0 aromatic heterocycles. The van der Waals surface area contributed by atoms with Gasteiger partial charge in [0.1, 0.15) is 6.17 Å². The van der Waals surface area contributed by atoms with E-state index in [9.17, 15) is 18.0 Å². The molecule has 142 valence electrons. The van der Waals surface area contributed by atoms with Crippen LogP contribution in [0.2, 0.25) is 0 Å². The van der Waals surface area contributed by atoms with Crippen molar-refractivity contribution in [2.24, 2.45) is 0 Å². The Morgan fingerprint density at radius 2 is 1.56 bits per heavy atom. The number of allylic oxidation sites excluding steroid dienone is 1. The smallest absolute Gasteiger partial charge is 0.365 e. The SMILES string of the molecule is Cc1ccc(NC2CCC(C(=O)C(F)(F)F)=CN2c2ccc(C)cc2)cc1. The first kappa shape index (κ1) is 19.0. The van der Waals surface area contributed by atoms with Crippen LogP contribution in [0.3, 0.4) is 0 Å². The highest BCUT2D eigenvalue weighted by molar-refractivity contribution is 6.00. The highest BCUT2D eigenvalue weighted by Gasteiger charge is 2.42. The van der Waals surface area contributed by atoms with Gasteiger partial charge in [0.05, 0.1) is 0 Å². The first-order chi connectivity index (χ1) is 12.7. The summed E-state index contributed by atoms with van der Waals surface area (Å²) in [6.07, 6.45) is -3.32. The number of anilines is 2.